The number of nitrogens with one attached hydrogen (secondary N) is 1. The summed E-state index contributed by atoms with van der Waals surface area (Å²) in [4.78, 5) is 8.62. The van der Waals surface area contributed by atoms with Crippen LogP contribution in [0.2, 0.25) is 0 Å². The summed E-state index contributed by atoms with van der Waals surface area (Å²) >= 11 is 0. The summed E-state index contributed by atoms with van der Waals surface area (Å²) in [6, 6.07) is 0.0201. The highest BCUT2D eigenvalue weighted by molar-refractivity contribution is 5.54. The number of rotatable bonds is 4. The van der Waals surface area contributed by atoms with E-state index < -0.39 is 0 Å². The van der Waals surface area contributed by atoms with Gasteiger partial charge in [0.25, 0.3) is 0 Å². The summed E-state index contributed by atoms with van der Waals surface area (Å²) < 4.78 is 3.85. The first-order valence-electron chi connectivity index (χ1n) is 6.29. The molecular formula is C13H16N6. The third-order valence-corrected chi connectivity index (χ3v) is 3.19. The molecule has 98 valence electrons. The van der Waals surface area contributed by atoms with E-state index in [0.29, 0.717) is 0 Å². The summed E-state index contributed by atoms with van der Waals surface area (Å²) in [5, 5.41) is 7.82. The fourth-order valence-corrected chi connectivity index (χ4v) is 2.27. The van der Waals surface area contributed by atoms with Gasteiger partial charge in [0.2, 0.25) is 0 Å². The van der Waals surface area contributed by atoms with Crippen LogP contribution in [-0.2, 0) is 7.05 Å². The maximum atomic E-state index is 4.44. The Kier molecular flexibility index (Phi) is 3.00. The summed E-state index contributed by atoms with van der Waals surface area (Å²) in [7, 11) is 2.00. The lowest BCUT2D eigenvalue weighted by atomic mass is 10.1. The number of hydrogen-bond acceptors (Lipinski definition) is 4. The molecule has 1 atom stereocenters. The van der Waals surface area contributed by atoms with Crippen molar-refractivity contribution in [1.29, 1.82) is 0 Å². The lowest BCUT2D eigenvalue weighted by Gasteiger charge is -2.16. The summed E-state index contributed by atoms with van der Waals surface area (Å²) in [5.41, 5.74) is 2.08. The quantitative estimate of drug-likeness (QED) is 0.761. The zero-order chi connectivity index (χ0) is 13.2. The monoisotopic (exact) mass is 256 g/mol. The van der Waals surface area contributed by atoms with Crippen LogP contribution in [0.1, 0.15) is 24.4 Å². The molecule has 19 heavy (non-hydrogen) atoms. The minimum Gasteiger partial charge on any atom is -0.336 e. The molecule has 0 fully saturated rings. The Morgan fingerprint density at radius 3 is 2.89 bits per heavy atom. The zero-order valence-electron chi connectivity index (χ0n) is 11.0. The van der Waals surface area contributed by atoms with Gasteiger partial charge in [0, 0.05) is 37.4 Å². The topological polar surface area (TPSA) is 60.0 Å². The first kappa shape index (κ1) is 11.9. The largest absolute Gasteiger partial charge is 0.336 e. The van der Waals surface area contributed by atoms with Crippen LogP contribution < -0.4 is 5.32 Å². The molecule has 3 aromatic heterocycles. The second-order valence-corrected chi connectivity index (χ2v) is 4.39. The number of fused-ring (bicyclic) bond motifs is 1. The van der Waals surface area contributed by atoms with E-state index in [1.54, 1.807) is 6.20 Å². The van der Waals surface area contributed by atoms with Crippen molar-refractivity contribution in [3.8, 4) is 0 Å². The Balaban J connectivity index is 2.12. The molecule has 0 aliphatic heterocycles. The van der Waals surface area contributed by atoms with Gasteiger partial charge >= 0.3 is 0 Å². The van der Waals surface area contributed by atoms with Crippen LogP contribution in [0.4, 0.5) is 0 Å². The average molecular weight is 256 g/mol. The maximum Gasteiger partial charge on any atom is 0.130 e. The second-order valence-electron chi connectivity index (χ2n) is 4.39. The predicted molar refractivity (Wildman–Crippen MR) is 71.7 cm³/mol. The van der Waals surface area contributed by atoms with Gasteiger partial charge in [0.15, 0.2) is 0 Å². The number of nitrogens with zero attached hydrogens (tertiary/aromatic N) is 5. The van der Waals surface area contributed by atoms with Crippen LogP contribution in [0, 0.1) is 0 Å². The van der Waals surface area contributed by atoms with Crippen molar-refractivity contribution in [3.63, 3.8) is 0 Å². The molecule has 0 spiro atoms. The van der Waals surface area contributed by atoms with Crippen LogP contribution in [0.25, 0.3) is 5.52 Å². The van der Waals surface area contributed by atoms with Crippen LogP contribution >= 0.6 is 0 Å². The molecule has 1 unspecified atom stereocenters. The molecule has 6 nitrogen and oxygen atoms in total. The maximum absolute atomic E-state index is 4.44. The molecule has 3 rings (SSSR count). The Hall–Kier alpha value is -2.21. The molecule has 0 bridgehead atoms. The van der Waals surface area contributed by atoms with E-state index in [9.17, 15) is 0 Å². The molecule has 0 aliphatic rings. The molecular weight excluding hydrogens is 240 g/mol. The smallest absolute Gasteiger partial charge is 0.130 e. The van der Waals surface area contributed by atoms with Gasteiger partial charge in [-0.15, -0.1) is 0 Å². The number of aryl methyl sites for hydroxylation is 1. The Morgan fingerprint density at radius 2 is 2.16 bits per heavy atom. The Morgan fingerprint density at radius 1 is 1.26 bits per heavy atom. The molecule has 0 aliphatic carbocycles. The lowest BCUT2D eigenvalue weighted by molar-refractivity contribution is 0.580. The third kappa shape index (κ3) is 2.00. The standard InChI is InChI=1S/C13H16N6/c1-3-15-12(13-16-5-6-18(13)2)10-8-17-19-7-4-14-9-11(10)19/h4-9,12,15H,3H2,1-2H3. The SMILES string of the molecule is CCNC(c1cnn2ccncc12)c1nccn1C. The van der Waals surface area contributed by atoms with Crippen molar-refractivity contribution < 1.29 is 0 Å². The Bertz CT molecular complexity index is 683. The second kappa shape index (κ2) is 4.81. The van der Waals surface area contributed by atoms with Gasteiger partial charge in [-0.05, 0) is 6.54 Å². The molecule has 1 N–H and O–H groups in total. The van der Waals surface area contributed by atoms with Gasteiger partial charge in [0.1, 0.15) is 5.82 Å². The van der Waals surface area contributed by atoms with E-state index in [0.717, 1.165) is 23.4 Å². The van der Waals surface area contributed by atoms with Crippen molar-refractivity contribution in [2.45, 2.75) is 13.0 Å². The van der Waals surface area contributed by atoms with E-state index in [2.05, 4.69) is 27.3 Å². The van der Waals surface area contributed by atoms with Crippen molar-refractivity contribution in [3.05, 3.63) is 48.6 Å². The van der Waals surface area contributed by atoms with Gasteiger partial charge in [-0.2, -0.15) is 5.10 Å². The van der Waals surface area contributed by atoms with Crippen molar-refractivity contribution in [1.82, 2.24) is 29.5 Å². The van der Waals surface area contributed by atoms with E-state index >= 15 is 0 Å². The van der Waals surface area contributed by atoms with Crippen LogP contribution in [0.5, 0.6) is 0 Å². The first-order valence-corrected chi connectivity index (χ1v) is 6.29. The minimum atomic E-state index is 0.0201. The summed E-state index contributed by atoms with van der Waals surface area (Å²) in [5.74, 6) is 0.973. The third-order valence-electron chi connectivity index (χ3n) is 3.19. The summed E-state index contributed by atoms with van der Waals surface area (Å²) in [6.07, 6.45) is 11.0. The van der Waals surface area contributed by atoms with Gasteiger partial charge in [-0.3, -0.25) is 4.98 Å². The number of imidazole rings is 1. The van der Waals surface area contributed by atoms with E-state index in [1.807, 2.05) is 47.1 Å². The van der Waals surface area contributed by atoms with Crippen molar-refractivity contribution >= 4 is 5.52 Å². The molecule has 0 saturated carbocycles. The van der Waals surface area contributed by atoms with Crippen LogP contribution in [0.3, 0.4) is 0 Å². The number of hydrogen-bond donors (Lipinski definition) is 1. The van der Waals surface area contributed by atoms with Gasteiger partial charge in [0.05, 0.1) is 24.0 Å². The molecule has 6 heteroatoms. The van der Waals surface area contributed by atoms with Gasteiger partial charge in [-0.1, -0.05) is 6.92 Å². The lowest BCUT2D eigenvalue weighted by Crippen LogP contribution is -2.24. The molecule has 0 amide bonds. The fraction of sp³-hybridized carbons (Fsp3) is 0.308. The van der Waals surface area contributed by atoms with E-state index in [1.165, 1.54) is 0 Å². The highest BCUT2D eigenvalue weighted by Gasteiger charge is 2.21. The molecule has 0 aromatic carbocycles. The minimum absolute atomic E-state index is 0.0201. The van der Waals surface area contributed by atoms with Crippen LogP contribution in [-0.4, -0.2) is 30.7 Å². The fourth-order valence-electron chi connectivity index (χ4n) is 2.27. The van der Waals surface area contributed by atoms with Crippen molar-refractivity contribution in [2.24, 2.45) is 7.05 Å². The average Bonchev–Trinajstić information content (AvgIpc) is 3.03. The molecule has 0 radical (unpaired) electrons. The highest BCUT2D eigenvalue weighted by atomic mass is 15.2. The highest BCUT2D eigenvalue weighted by Crippen LogP contribution is 2.23. The van der Waals surface area contributed by atoms with E-state index in [4.69, 9.17) is 0 Å². The molecule has 3 heterocycles. The van der Waals surface area contributed by atoms with Crippen LogP contribution in [0.15, 0.2) is 37.2 Å². The van der Waals surface area contributed by atoms with Gasteiger partial charge < -0.3 is 9.88 Å². The Labute approximate surface area is 111 Å². The zero-order valence-corrected chi connectivity index (χ0v) is 11.0. The van der Waals surface area contributed by atoms with Gasteiger partial charge in [-0.25, -0.2) is 9.50 Å². The first-order chi connectivity index (χ1) is 9.31. The normalized spacial score (nSPS) is 12.9. The van der Waals surface area contributed by atoms with Crippen molar-refractivity contribution in [2.75, 3.05) is 6.54 Å². The summed E-state index contributed by atoms with van der Waals surface area (Å²) in [6.45, 7) is 2.94. The van der Waals surface area contributed by atoms with E-state index in [-0.39, 0.29) is 6.04 Å². The molecule has 3 aromatic rings. The number of aromatic nitrogens is 5. The predicted octanol–water partition coefficient (Wildman–Crippen LogP) is 1.16. The molecule has 0 saturated heterocycles.